The Morgan fingerprint density at radius 3 is 2.36 bits per heavy atom. The van der Waals surface area contributed by atoms with Crippen LogP contribution in [0, 0.1) is 0 Å². The van der Waals surface area contributed by atoms with E-state index in [-0.39, 0.29) is 5.41 Å². The first-order chi connectivity index (χ1) is 23.1. The van der Waals surface area contributed by atoms with E-state index in [1.165, 1.54) is 47.9 Å². The largest absolute Gasteiger partial charge is 0.308 e. The summed E-state index contributed by atoms with van der Waals surface area (Å²) < 4.78 is 3.83. The zero-order chi connectivity index (χ0) is 31.3. The third-order valence-electron chi connectivity index (χ3n) is 10.3. The molecule has 224 valence electrons. The van der Waals surface area contributed by atoms with Gasteiger partial charge in [0.25, 0.3) is 0 Å². The van der Waals surface area contributed by atoms with Crippen molar-refractivity contribution >= 4 is 59.7 Å². The molecule has 5 aromatic carbocycles. The normalized spacial score (nSPS) is 15.3. The van der Waals surface area contributed by atoms with Crippen molar-refractivity contribution < 1.29 is 0 Å². The average Bonchev–Trinajstić information content (AvgIpc) is 3.75. The number of rotatable bonds is 3. The van der Waals surface area contributed by atoms with E-state index in [0.717, 1.165) is 52.1 Å². The van der Waals surface area contributed by atoms with E-state index in [1.807, 2.05) is 17.4 Å². The minimum absolute atomic E-state index is 0.0298. The van der Waals surface area contributed by atoms with Crippen LogP contribution in [0.1, 0.15) is 37.1 Å². The Labute approximate surface area is 277 Å². The molecule has 47 heavy (non-hydrogen) atoms. The molecule has 3 aromatic heterocycles. The fourth-order valence-corrected chi connectivity index (χ4v) is 9.71. The summed E-state index contributed by atoms with van der Waals surface area (Å²) in [6.45, 7) is 4.85. The first kappa shape index (κ1) is 26.9. The van der Waals surface area contributed by atoms with Crippen molar-refractivity contribution in [1.29, 1.82) is 0 Å². The summed E-state index contributed by atoms with van der Waals surface area (Å²) in [5, 5.41) is 5.00. The van der Waals surface area contributed by atoms with Gasteiger partial charge in [-0.2, -0.15) is 0 Å². The second-order valence-corrected chi connectivity index (χ2v) is 14.3. The molecular formula is C43H31N3S. The lowest BCUT2D eigenvalue weighted by molar-refractivity contribution is 0.613. The van der Waals surface area contributed by atoms with E-state index in [2.05, 4.69) is 140 Å². The van der Waals surface area contributed by atoms with Gasteiger partial charge < -0.3 is 4.57 Å². The number of hydrogen-bond donors (Lipinski definition) is 0. The van der Waals surface area contributed by atoms with Crippen molar-refractivity contribution in [2.75, 3.05) is 0 Å². The van der Waals surface area contributed by atoms with E-state index in [1.54, 1.807) is 5.57 Å². The number of nitrogens with zero attached hydrogens (tertiary/aromatic N) is 3. The van der Waals surface area contributed by atoms with Gasteiger partial charge in [-0.25, -0.2) is 9.97 Å². The topological polar surface area (TPSA) is 30.7 Å². The highest BCUT2D eigenvalue weighted by Gasteiger charge is 2.40. The molecule has 2 aliphatic carbocycles. The molecule has 0 fully saturated rings. The molecule has 0 radical (unpaired) electrons. The number of para-hydroxylation sites is 2. The lowest BCUT2D eigenvalue weighted by Crippen LogP contribution is -2.17. The van der Waals surface area contributed by atoms with Gasteiger partial charge in [0.15, 0.2) is 5.82 Å². The summed E-state index contributed by atoms with van der Waals surface area (Å²) >= 11 is 1.97. The third kappa shape index (κ3) is 3.79. The van der Waals surface area contributed by atoms with E-state index in [0.29, 0.717) is 0 Å². The molecule has 0 amide bonds. The number of hydrogen-bond acceptors (Lipinski definition) is 3. The van der Waals surface area contributed by atoms with Crippen LogP contribution in [0.4, 0.5) is 0 Å². The average molecular weight is 622 g/mol. The molecule has 3 heterocycles. The van der Waals surface area contributed by atoms with E-state index >= 15 is 0 Å². The number of fused-ring (bicyclic) bond motifs is 9. The molecule has 0 bridgehead atoms. The van der Waals surface area contributed by atoms with Crippen molar-refractivity contribution in [3.8, 4) is 28.3 Å². The van der Waals surface area contributed by atoms with E-state index < -0.39 is 0 Å². The summed E-state index contributed by atoms with van der Waals surface area (Å²) in [5.41, 5.74) is 12.2. The first-order valence-electron chi connectivity index (χ1n) is 16.4. The van der Waals surface area contributed by atoms with Crippen LogP contribution in [-0.4, -0.2) is 14.5 Å². The van der Waals surface area contributed by atoms with Crippen LogP contribution >= 0.6 is 11.3 Å². The molecule has 0 spiro atoms. The highest BCUT2D eigenvalue weighted by atomic mass is 32.1. The summed E-state index contributed by atoms with van der Waals surface area (Å²) in [6, 6.07) is 41.1. The first-order valence-corrected chi connectivity index (χ1v) is 17.2. The number of aromatic nitrogens is 3. The Kier molecular flexibility index (Phi) is 5.62. The van der Waals surface area contributed by atoms with E-state index in [4.69, 9.17) is 9.97 Å². The van der Waals surface area contributed by atoms with Gasteiger partial charge in [-0.15, -0.1) is 11.3 Å². The molecule has 8 aromatic rings. The standard InChI is InChI=1S/C43H31N3S/c1-43(2)34-20-9-6-18-31(34)40-37(43)33-24-23-30-29-17-8-11-22-36(29)46(39(30)41(33)47-40)28-16-12-15-27(25-28)42-44-35-21-10-7-19-32(35)38(45-42)26-13-4-3-5-14-26/h3-8,10-19,21-25H,9,20H2,1-2H3. The van der Waals surface area contributed by atoms with Gasteiger partial charge in [0.1, 0.15) is 0 Å². The Balaban J connectivity index is 1.23. The smallest absolute Gasteiger partial charge is 0.160 e. The Morgan fingerprint density at radius 1 is 0.702 bits per heavy atom. The van der Waals surface area contributed by atoms with Gasteiger partial charge in [0.2, 0.25) is 0 Å². The molecule has 0 saturated heterocycles. The van der Waals surface area contributed by atoms with Crippen molar-refractivity contribution in [3.05, 3.63) is 143 Å². The van der Waals surface area contributed by atoms with E-state index in [9.17, 15) is 0 Å². The second-order valence-electron chi connectivity index (χ2n) is 13.3. The fraction of sp³-hybridized carbons (Fsp3) is 0.116. The Bertz CT molecular complexity index is 2650. The fourth-order valence-electron chi connectivity index (χ4n) is 8.16. The summed E-state index contributed by atoms with van der Waals surface area (Å²) in [6.07, 6.45) is 7.02. The Hall–Kier alpha value is -5.32. The van der Waals surface area contributed by atoms with Crippen molar-refractivity contribution in [1.82, 2.24) is 14.5 Å². The molecule has 0 N–H and O–H groups in total. The summed E-state index contributed by atoms with van der Waals surface area (Å²) in [5.74, 6) is 0.732. The SMILES string of the molecule is CC1(C)C2=C(C=CCC2)c2sc3c(ccc4c5ccccc5n(-c5cccc(-c6nc(-c7ccccc7)c7ccccc7n6)c5)c43)c21. The van der Waals surface area contributed by atoms with Crippen LogP contribution in [-0.2, 0) is 5.41 Å². The molecule has 10 rings (SSSR count). The molecular weight excluding hydrogens is 591 g/mol. The predicted molar refractivity (Wildman–Crippen MR) is 198 cm³/mol. The van der Waals surface area contributed by atoms with Gasteiger partial charge in [-0.05, 0) is 53.6 Å². The minimum Gasteiger partial charge on any atom is -0.308 e. The van der Waals surface area contributed by atoms with Gasteiger partial charge in [0.05, 0.1) is 26.9 Å². The van der Waals surface area contributed by atoms with Gasteiger partial charge in [0, 0.05) is 43.3 Å². The highest BCUT2D eigenvalue weighted by molar-refractivity contribution is 7.21. The summed E-state index contributed by atoms with van der Waals surface area (Å²) in [4.78, 5) is 11.7. The molecule has 0 atom stereocenters. The van der Waals surface area contributed by atoms with Crippen LogP contribution in [0.5, 0.6) is 0 Å². The molecule has 0 aliphatic heterocycles. The predicted octanol–water partition coefficient (Wildman–Crippen LogP) is 11.7. The summed E-state index contributed by atoms with van der Waals surface area (Å²) in [7, 11) is 0. The van der Waals surface area contributed by atoms with Crippen LogP contribution in [0.15, 0.2) is 133 Å². The van der Waals surface area contributed by atoms with Crippen molar-refractivity contribution in [2.24, 2.45) is 0 Å². The third-order valence-corrected chi connectivity index (χ3v) is 11.5. The molecule has 4 heteroatoms. The number of thiophene rings is 1. The maximum Gasteiger partial charge on any atom is 0.160 e. The van der Waals surface area contributed by atoms with Gasteiger partial charge in [-0.3, -0.25) is 0 Å². The maximum absolute atomic E-state index is 5.20. The molecule has 2 aliphatic rings. The van der Waals surface area contributed by atoms with Crippen LogP contribution in [0.2, 0.25) is 0 Å². The zero-order valence-corrected chi connectivity index (χ0v) is 27.1. The van der Waals surface area contributed by atoms with Crippen LogP contribution in [0.3, 0.4) is 0 Å². The van der Waals surface area contributed by atoms with Gasteiger partial charge in [-0.1, -0.05) is 123 Å². The number of allylic oxidation sites excluding steroid dienone is 4. The van der Waals surface area contributed by atoms with Crippen molar-refractivity contribution in [2.45, 2.75) is 32.1 Å². The monoisotopic (exact) mass is 621 g/mol. The molecule has 0 saturated carbocycles. The lowest BCUT2D eigenvalue weighted by atomic mass is 9.78. The molecule has 3 nitrogen and oxygen atoms in total. The van der Waals surface area contributed by atoms with Crippen molar-refractivity contribution in [3.63, 3.8) is 0 Å². The molecule has 0 unspecified atom stereocenters. The highest BCUT2D eigenvalue weighted by Crippen LogP contribution is 2.57. The minimum atomic E-state index is 0.0298. The van der Waals surface area contributed by atoms with Crippen LogP contribution < -0.4 is 0 Å². The second kappa shape index (κ2) is 9.84. The zero-order valence-electron chi connectivity index (χ0n) is 26.3. The Morgan fingerprint density at radius 2 is 1.47 bits per heavy atom. The number of benzene rings is 5. The quantitative estimate of drug-likeness (QED) is 0.196. The lowest BCUT2D eigenvalue weighted by Gasteiger charge is -2.26. The van der Waals surface area contributed by atoms with Crippen LogP contribution in [0.25, 0.3) is 76.7 Å². The van der Waals surface area contributed by atoms with Gasteiger partial charge >= 0.3 is 0 Å². The maximum atomic E-state index is 5.20.